The molecule has 1 aliphatic carbocycles. The van der Waals surface area contributed by atoms with Gasteiger partial charge in [0.15, 0.2) is 5.96 Å². The minimum absolute atomic E-state index is 0.464. The molecule has 142 valence electrons. The standard InChI is InChI=1S/C22H29N5/c1-16-7-6-10-21(24-16)27-13-11-18(12-14-27)25-22(23-2)26-20-15-19(20)17-8-4-3-5-9-17/h3-10,18-20H,11-15H2,1-2H3,(H2,23,25,26). The van der Waals surface area contributed by atoms with Crippen LogP contribution in [0.15, 0.2) is 53.5 Å². The van der Waals surface area contributed by atoms with E-state index in [1.165, 1.54) is 12.0 Å². The lowest BCUT2D eigenvalue weighted by Crippen LogP contribution is -2.49. The van der Waals surface area contributed by atoms with Crippen LogP contribution in [0.4, 0.5) is 5.82 Å². The van der Waals surface area contributed by atoms with E-state index in [2.05, 4.69) is 68.0 Å². The first-order chi connectivity index (χ1) is 13.2. The van der Waals surface area contributed by atoms with Crippen molar-refractivity contribution in [2.45, 2.75) is 44.2 Å². The number of aryl methyl sites for hydroxylation is 1. The van der Waals surface area contributed by atoms with Crippen molar-refractivity contribution in [3.8, 4) is 0 Å². The number of hydrogen-bond acceptors (Lipinski definition) is 3. The van der Waals surface area contributed by atoms with Gasteiger partial charge in [-0.25, -0.2) is 4.98 Å². The number of rotatable bonds is 4. The number of benzene rings is 1. The highest BCUT2D eigenvalue weighted by atomic mass is 15.2. The second-order valence-corrected chi connectivity index (χ2v) is 7.62. The fourth-order valence-corrected chi connectivity index (χ4v) is 3.92. The minimum Gasteiger partial charge on any atom is -0.356 e. The lowest BCUT2D eigenvalue weighted by atomic mass is 10.1. The molecule has 4 rings (SSSR count). The Hall–Kier alpha value is -2.56. The van der Waals surface area contributed by atoms with E-state index in [1.54, 1.807) is 0 Å². The molecule has 5 heteroatoms. The zero-order chi connectivity index (χ0) is 18.6. The van der Waals surface area contributed by atoms with E-state index >= 15 is 0 Å². The monoisotopic (exact) mass is 363 g/mol. The first-order valence-corrected chi connectivity index (χ1v) is 9.96. The van der Waals surface area contributed by atoms with Crippen molar-refractivity contribution >= 4 is 11.8 Å². The van der Waals surface area contributed by atoms with Crippen LogP contribution in [0.3, 0.4) is 0 Å². The number of pyridine rings is 1. The van der Waals surface area contributed by atoms with Crippen molar-refractivity contribution in [3.05, 3.63) is 59.8 Å². The van der Waals surface area contributed by atoms with E-state index in [4.69, 9.17) is 0 Å². The number of nitrogens with one attached hydrogen (secondary N) is 2. The third-order valence-electron chi connectivity index (χ3n) is 5.60. The molecule has 1 aromatic carbocycles. The average molecular weight is 364 g/mol. The zero-order valence-electron chi connectivity index (χ0n) is 16.2. The fourth-order valence-electron chi connectivity index (χ4n) is 3.92. The summed E-state index contributed by atoms with van der Waals surface area (Å²) in [4.78, 5) is 11.5. The Morgan fingerprint density at radius 1 is 1.04 bits per heavy atom. The van der Waals surface area contributed by atoms with Crippen LogP contribution < -0.4 is 15.5 Å². The maximum atomic E-state index is 4.65. The Morgan fingerprint density at radius 3 is 2.52 bits per heavy atom. The van der Waals surface area contributed by atoms with Crippen LogP contribution in [0.1, 0.15) is 36.4 Å². The molecule has 2 aromatic rings. The molecule has 2 atom stereocenters. The molecule has 0 radical (unpaired) electrons. The summed E-state index contributed by atoms with van der Waals surface area (Å²) in [6.07, 6.45) is 3.38. The lowest BCUT2D eigenvalue weighted by Gasteiger charge is -2.34. The van der Waals surface area contributed by atoms with Gasteiger partial charge in [-0.2, -0.15) is 0 Å². The molecule has 27 heavy (non-hydrogen) atoms. The van der Waals surface area contributed by atoms with Crippen molar-refractivity contribution in [3.63, 3.8) is 0 Å². The summed E-state index contributed by atoms with van der Waals surface area (Å²) in [5.74, 6) is 2.64. The molecule has 1 aromatic heterocycles. The lowest BCUT2D eigenvalue weighted by molar-refractivity contribution is 0.459. The molecule has 0 spiro atoms. The highest BCUT2D eigenvalue weighted by Gasteiger charge is 2.39. The molecule has 2 fully saturated rings. The van der Waals surface area contributed by atoms with Crippen LogP contribution in [-0.4, -0.2) is 43.2 Å². The Balaban J connectivity index is 1.26. The fraction of sp³-hybridized carbons (Fsp3) is 0.455. The Morgan fingerprint density at radius 2 is 1.81 bits per heavy atom. The van der Waals surface area contributed by atoms with Crippen LogP contribution in [0.5, 0.6) is 0 Å². The first-order valence-electron chi connectivity index (χ1n) is 9.96. The van der Waals surface area contributed by atoms with E-state index in [0.29, 0.717) is 18.0 Å². The normalized spacial score (nSPS) is 23.2. The van der Waals surface area contributed by atoms with Crippen LogP contribution in [0.2, 0.25) is 0 Å². The topological polar surface area (TPSA) is 52.6 Å². The molecule has 0 bridgehead atoms. The SMILES string of the molecule is CN=C(NC1CCN(c2cccc(C)n2)CC1)NC1CC1c1ccccc1. The Bertz CT molecular complexity index is 780. The molecule has 1 aliphatic heterocycles. The quantitative estimate of drug-likeness (QED) is 0.647. The van der Waals surface area contributed by atoms with E-state index < -0.39 is 0 Å². The zero-order valence-corrected chi connectivity index (χ0v) is 16.2. The molecular formula is C22H29N5. The molecule has 2 N–H and O–H groups in total. The smallest absolute Gasteiger partial charge is 0.191 e. The van der Waals surface area contributed by atoms with Gasteiger partial charge in [-0.15, -0.1) is 0 Å². The highest BCUT2D eigenvalue weighted by molar-refractivity contribution is 5.81. The number of nitrogens with zero attached hydrogens (tertiary/aromatic N) is 3. The van der Waals surface area contributed by atoms with Crippen LogP contribution in [-0.2, 0) is 0 Å². The van der Waals surface area contributed by atoms with Crippen LogP contribution >= 0.6 is 0 Å². The van der Waals surface area contributed by atoms with E-state index in [9.17, 15) is 0 Å². The molecule has 2 heterocycles. The molecule has 1 saturated heterocycles. The summed E-state index contributed by atoms with van der Waals surface area (Å²) >= 11 is 0. The van der Waals surface area contributed by atoms with Crippen molar-refractivity contribution in [1.29, 1.82) is 0 Å². The molecule has 2 aliphatic rings. The second kappa shape index (κ2) is 7.99. The van der Waals surface area contributed by atoms with Crippen molar-refractivity contribution in [1.82, 2.24) is 15.6 Å². The van der Waals surface area contributed by atoms with Gasteiger partial charge < -0.3 is 15.5 Å². The van der Waals surface area contributed by atoms with Gasteiger partial charge in [-0.3, -0.25) is 4.99 Å². The number of aromatic nitrogens is 1. The van der Waals surface area contributed by atoms with Gasteiger partial charge in [0.05, 0.1) is 0 Å². The number of guanidine groups is 1. The summed E-state index contributed by atoms with van der Waals surface area (Å²) in [7, 11) is 1.86. The van der Waals surface area contributed by atoms with Gasteiger partial charge in [-0.05, 0) is 43.9 Å². The average Bonchev–Trinajstić information content (AvgIpc) is 3.48. The van der Waals surface area contributed by atoms with Crippen molar-refractivity contribution < 1.29 is 0 Å². The van der Waals surface area contributed by atoms with Gasteiger partial charge >= 0.3 is 0 Å². The van der Waals surface area contributed by atoms with E-state index in [0.717, 1.165) is 43.4 Å². The molecule has 0 amide bonds. The number of piperidine rings is 1. The Labute approximate surface area is 161 Å². The number of aliphatic imine (C=N–C) groups is 1. The van der Waals surface area contributed by atoms with Crippen LogP contribution in [0, 0.1) is 6.92 Å². The summed E-state index contributed by atoms with van der Waals surface area (Å²) in [6, 6.07) is 18.0. The van der Waals surface area contributed by atoms with Gasteiger partial charge in [0.25, 0.3) is 0 Å². The number of hydrogen-bond donors (Lipinski definition) is 2. The van der Waals surface area contributed by atoms with Gasteiger partial charge in [0.2, 0.25) is 0 Å². The van der Waals surface area contributed by atoms with E-state index in [-0.39, 0.29) is 0 Å². The predicted octanol–water partition coefficient (Wildman–Crippen LogP) is 3.08. The molecule has 2 unspecified atom stereocenters. The number of anilines is 1. The third-order valence-corrected chi connectivity index (χ3v) is 5.60. The van der Waals surface area contributed by atoms with Crippen LogP contribution in [0.25, 0.3) is 0 Å². The summed E-state index contributed by atoms with van der Waals surface area (Å²) < 4.78 is 0. The minimum atomic E-state index is 0.464. The first kappa shape index (κ1) is 17.8. The summed E-state index contributed by atoms with van der Waals surface area (Å²) in [5.41, 5.74) is 2.50. The van der Waals surface area contributed by atoms with Crippen molar-refractivity contribution in [2.24, 2.45) is 4.99 Å². The second-order valence-electron chi connectivity index (χ2n) is 7.62. The van der Waals surface area contributed by atoms with Crippen molar-refractivity contribution in [2.75, 3.05) is 25.0 Å². The molecule has 1 saturated carbocycles. The van der Waals surface area contributed by atoms with Gasteiger partial charge in [-0.1, -0.05) is 36.4 Å². The molecular weight excluding hydrogens is 334 g/mol. The maximum Gasteiger partial charge on any atom is 0.191 e. The summed E-state index contributed by atoms with van der Waals surface area (Å²) in [6.45, 7) is 4.11. The summed E-state index contributed by atoms with van der Waals surface area (Å²) in [5, 5.41) is 7.22. The largest absolute Gasteiger partial charge is 0.356 e. The highest BCUT2D eigenvalue weighted by Crippen LogP contribution is 2.40. The van der Waals surface area contributed by atoms with Gasteiger partial charge in [0.1, 0.15) is 5.82 Å². The maximum absolute atomic E-state index is 4.65. The Kier molecular flexibility index (Phi) is 5.28. The molecule has 5 nitrogen and oxygen atoms in total. The van der Waals surface area contributed by atoms with E-state index in [1.807, 2.05) is 20.0 Å². The predicted molar refractivity (Wildman–Crippen MR) is 111 cm³/mol. The van der Waals surface area contributed by atoms with Gasteiger partial charge in [0, 0.05) is 43.8 Å². The third kappa shape index (κ3) is 4.41.